The van der Waals surface area contributed by atoms with Crippen molar-refractivity contribution in [3.05, 3.63) is 22.3 Å². The lowest BCUT2D eigenvalue weighted by molar-refractivity contribution is 0.862. The highest BCUT2D eigenvalue weighted by Crippen LogP contribution is 2.25. The van der Waals surface area contributed by atoms with Crippen LogP contribution >= 0.6 is 22.9 Å². The molecule has 0 aromatic carbocycles. The molecule has 0 spiro atoms. The number of aromatic nitrogens is 3. The summed E-state index contributed by atoms with van der Waals surface area (Å²) >= 11 is 7.35. The number of halogens is 1. The SMILES string of the molecule is Cc1nn(-c2nccs2)c(N)c1Cl. The standard InChI is InChI=1S/C7H7ClN4S/c1-4-5(8)6(9)12(11-4)7-10-2-3-13-7/h2-3H,9H2,1H3. The number of nitrogens with two attached hydrogens (primary N) is 1. The van der Waals surface area contributed by atoms with Crippen molar-refractivity contribution >= 4 is 28.8 Å². The molecular formula is C7H7ClN4S. The van der Waals surface area contributed by atoms with Crippen LogP contribution in [0, 0.1) is 6.92 Å². The van der Waals surface area contributed by atoms with Crippen molar-refractivity contribution in [2.45, 2.75) is 6.92 Å². The minimum absolute atomic E-state index is 0.439. The highest BCUT2D eigenvalue weighted by molar-refractivity contribution is 7.12. The maximum absolute atomic E-state index is 5.88. The molecule has 0 aliphatic carbocycles. The summed E-state index contributed by atoms with van der Waals surface area (Å²) in [4.78, 5) is 4.08. The lowest BCUT2D eigenvalue weighted by Crippen LogP contribution is -2.00. The van der Waals surface area contributed by atoms with Gasteiger partial charge in [0.25, 0.3) is 0 Å². The second kappa shape index (κ2) is 3.01. The predicted molar refractivity (Wildman–Crippen MR) is 53.4 cm³/mol. The molecule has 0 aliphatic rings. The van der Waals surface area contributed by atoms with Crippen LogP contribution < -0.4 is 5.73 Å². The molecule has 0 atom stereocenters. The molecule has 2 N–H and O–H groups in total. The van der Waals surface area contributed by atoms with Crippen LogP contribution in [0.15, 0.2) is 11.6 Å². The van der Waals surface area contributed by atoms with E-state index in [0.29, 0.717) is 10.8 Å². The van der Waals surface area contributed by atoms with Gasteiger partial charge in [-0.3, -0.25) is 0 Å². The molecule has 0 aliphatic heterocycles. The molecule has 2 aromatic rings. The van der Waals surface area contributed by atoms with Gasteiger partial charge in [0.15, 0.2) is 0 Å². The summed E-state index contributed by atoms with van der Waals surface area (Å²) < 4.78 is 1.54. The van der Waals surface area contributed by atoms with Crippen LogP contribution in [0.5, 0.6) is 0 Å². The number of hydrogen-bond acceptors (Lipinski definition) is 4. The maximum Gasteiger partial charge on any atom is 0.212 e. The van der Waals surface area contributed by atoms with Crippen LogP contribution in [0.4, 0.5) is 5.82 Å². The van der Waals surface area contributed by atoms with E-state index in [1.165, 1.54) is 11.3 Å². The molecule has 4 nitrogen and oxygen atoms in total. The Kier molecular flexibility index (Phi) is 1.97. The Morgan fingerprint density at radius 3 is 2.85 bits per heavy atom. The number of rotatable bonds is 1. The Bertz CT molecular complexity index is 420. The fraction of sp³-hybridized carbons (Fsp3) is 0.143. The molecule has 0 radical (unpaired) electrons. The molecule has 0 saturated carbocycles. The summed E-state index contributed by atoms with van der Waals surface area (Å²) in [6.45, 7) is 1.81. The van der Waals surface area contributed by atoms with Crippen molar-refractivity contribution in [3.8, 4) is 5.13 Å². The van der Waals surface area contributed by atoms with E-state index in [1.54, 1.807) is 10.9 Å². The van der Waals surface area contributed by atoms with Gasteiger partial charge in [-0.2, -0.15) is 9.78 Å². The Hall–Kier alpha value is -1.07. The third-order valence-electron chi connectivity index (χ3n) is 1.62. The lowest BCUT2D eigenvalue weighted by Gasteiger charge is -1.96. The van der Waals surface area contributed by atoms with E-state index in [1.807, 2.05) is 12.3 Å². The first-order valence-corrected chi connectivity index (χ1v) is 4.86. The smallest absolute Gasteiger partial charge is 0.212 e. The van der Waals surface area contributed by atoms with Crippen LogP contribution in [-0.2, 0) is 0 Å². The van der Waals surface area contributed by atoms with Crippen molar-refractivity contribution in [3.63, 3.8) is 0 Å². The Morgan fingerprint density at radius 2 is 2.38 bits per heavy atom. The number of nitrogen functional groups attached to an aromatic ring is 1. The molecule has 0 saturated heterocycles. The number of thiazole rings is 1. The average Bonchev–Trinajstić information content (AvgIpc) is 2.70. The monoisotopic (exact) mass is 214 g/mol. The first-order chi connectivity index (χ1) is 6.20. The van der Waals surface area contributed by atoms with E-state index in [4.69, 9.17) is 17.3 Å². The first-order valence-electron chi connectivity index (χ1n) is 3.60. The molecule has 68 valence electrons. The molecule has 13 heavy (non-hydrogen) atoms. The van der Waals surface area contributed by atoms with Gasteiger partial charge in [0.05, 0.1) is 5.69 Å². The zero-order valence-corrected chi connectivity index (χ0v) is 8.43. The summed E-state index contributed by atoms with van der Waals surface area (Å²) in [6, 6.07) is 0. The summed E-state index contributed by atoms with van der Waals surface area (Å²) in [5.74, 6) is 0.439. The maximum atomic E-state index is 5.88. The van der Waals surface area contributed by atoms with Gasteiger partial charge in [0.2, 0.25) is 5.13 Å². The summed E-state index contributed by atoms with van der Waals surface area (Å²) in [7, 11) is 0. The van der Waals surface area contributed by atoms with Gasteiger partial charge in [0.1, 0.15) is 10.8 Å². The minimum atomic E-state index is 0.439. The number of anilines is 1. The van der Waals surface area contributed by atoms with Crippen LogP contribution in [0.2, 0.25) is 5.02 Å². The van der Waals surface area contributed by atoms with E-state index >= 15 is 0 Å². The van der Waals surface area contributed by atoms with Gasteiger partial charge in [-0.1, -0.05) is 11.6 Å². The summed E-state index contributed by atoms with van der Waals surface area (Å²) in [5.41, 5.74) is 6.45. The van der Waals surface area contributed by atoms with Crippen molar-refractivity contribution in [2.24, 2.45) is 0 Å². The fourth-order valence-electron chi connectivity index (χ4n) is 0.992. The Balaban J connectivity index is 2.59. The molecule has 0 bridgehead atoms. The molecule has 2 rings (SSSR count). The van der Waals surface area contributed by atoms with Gasteiger partial charge >= 0.3 is 0 Å². The highest BCUT2D eigenvalue weighted by atomic mass is 35.5. The second-order valence-corrected chi connectivity index (χ2v) is 3.76. The molecule has 2 heterocycles. The number of aryl methyl sites for hydroxylation is 1. The van der Waals surface area contributed by atoms with Gasteiger partial charge in [-0.15, -0.1) is 11.3 Å². The van der Waals surface area contributed by atoms with Crippen LogP contribution in [0.3, 0.4) is 0 Å². The zero-order chi connectivity index (χ0) is 9.42. The molecule has 6 heteroatoms. The average molecular weight is 215 g/mol. The number of nitrogens with zero attached hydrogens (tertiary/aromatic N) is 3. The van der Waals surface area contributed by atoms with E-state index < -0.39 is 0 Å². The fourth-order valence-corrected chi connectivity index (χ4v) is 1.71. The predicted octanol–water partition coefficient (Wildman–Crippen LogP) is 1.87. The number of hydrogen-bond donors (Lipinski definition) is 1. The quantitative estimate of drug-likeness (QED) is 0.789. The second-order valence-electron chi connectivity index (χ2n) is 2.51. The van der Waals surface area contributed by atoms with Gasteiger partial charge in [-0.25, -0.2) is 4.98 Å². The van der Waals surface area contributed by atoms with Crippen molar-refractivity contribution < 1.29 is 0 Å². The summed E-state index contributed by atoms with van der Waals surface area (Å²) in [6.07, 6.45) is 1.70. The van der Waals surface area contributed by atoms with Gasteiger partial charge in [-0.05, 0) is 6.92 Å². The van der Waals surface area contributed by atoms with Crippen LogP contribution in [0.25, 0.3) is 5.13 Å². The van der Waals surface area contributed by atoms with Crippen molar-refractivity contribution in [1.82, 2.24) is 14.8 Å². The Morgan fingerprint density at radius 1 is 1.62 bits per heavy atom. The summed E-state index contributed by atoms with van der Waals surface area (Å²) in [5, 5.41) is 7.25. The third-order valence-corrected chi connectivity index (χ3v) is 2.84. The van der Waals surface area contributed by atoms with Crippen molar-refractivity contribution in [1.29, 1.82) is 0 Å². The topological polar surface area (TPSA) is 56.7 Å². The van der Waals surface area contributed by atoms with E-state index in [9.17, 15) is 0 Å². The zero-order valence-electron chi connectivity index (χ0n) is 6.86. The molecule has 0 unspecified atom stereocenters. The lowest BCUT2D eigenvalue weighted by atomic mass is 10.5. The normalized spacial score (nSPS) is 10.6. The molecular weight excluding hydrogens is 208 g/mol. The largest absolute Gasteiger partial charge is 0.382 e. The highest BCUT2D eigenvalue weighted by Gasteiger charge is 2.12. The van der Waals surface area contributed by atoms with Crippen LogP contribution in [0.1, 0.15) is 5.69 Å². The Labute approximate surface area is 84.0 Å². The third kappa shape index (κ3) is 1.30. The minimum Gasteiger partial charge on any atom is -0.382 e. The van der Waals surface area contributed by atoms with Gasteiger partial charge in [0, 0.05) is 11.6 Å². The van der Waals surface area contributed by atoms with Crippen molar-refractivity contribution in [2.75, 3.05) is 5.73 Å². The van der Waals surface area contributed by atoms with E-state index in [-0.39, 0.29) is 0 Å². The van der Waals surface area contributed by atoms with E-state index in [0.717, 1.165) is 10.8 Å². The molecule has 2 aromatic heterocycles. The van der Waals surface area contributed by atoms with Gasteiger partial charge < -0.3 is 5.73 Å². The van der Waals surface area contributed by atoms with Crippen LogP contribution in [-0.4, -0.2) is 14.8 Å². The first kappa shape index (κ1) is 8.52. The van der Waals surface area contributed by atoms with E-state index in [2.05, 4.69) is 10.1 Å². The molecule has 0 fully saturated rings. The molecule has 0 amide bonds.